The van der Waals surface area contributed by atoms with Crippen molar-refractivity contribution in [3.63, 3.8) is 0 Å². The maximum atomic E-state index is 12.6. The fourth-order valence-corrected chi connectivity index (χ4v) is 3.22. The molecule has 1 aromatic carbocycles. The first-order chi connectivity index (χ1) is 12.0. The van der Waals surface area contributed by atoms with E-state index in [4.69, 9.17) is 14.2 Å². The van der Waals surface area contributed by atoms with E-state index in [-0.39, 0.29) is 24.7 Å². The van der Waals surface area contributed by atoms with Crippen LogP contribution in [0.2, 0.25) is 0 Å². The number of nitrogens with zero attached hydrogens (tertiary/aromatic N) is 1. The molecule has 2 atom stereocenters. The topological polar surface area (TPSA) is 85.5 Å². The van der Waals surface area contributed by atoms with Crippen LogP contribution in [0, 0.1) is 0 Å². The molecule has 0 bridgehead atoms. The third-order valence-electron chi connectivity index (χ3n) is 4.40. The second-order valence-electron chi connectivity index (χ2n) is 6.08. The minimum Gasteiger partial charge on any atom is -0.496 e. The lowest BCUT2D eigenvalue weighted by molar-refractivity contribution is -0.00697. The fourth-order valence-electron chi connectivity index (χ4n) is 3.22. The molecule has 2 aromatic rings. The smallest absolute Gasteiger partial charge is 0.272 e. The van der Waals surface area contributed by atoms with Crippen molar-refractivity contribution in [3.05, 3.63) is 40.7 Å². The third-order valence-corrected chi connectivity index (χ3v) is 4.40. The van der Waals surface area contributed by atoms with Crippen LogP contribution in [-0.4, -0.2) is 36.4 Å². The minimum absolute atomic E-state index is 0.0564. The molecule has 0 fully saturated rings. The van der Waals surface area contributed by atoms with Crippen LogP contribution in [0.1, 0.15) is 47.3 Å². The first-order valence-corrected chi connectivity index (χ1v) is 8.25. The molecule has 7 heteroatoms. The molecular weight excluding hydrogens is 322 g/mol. The highest BCUT2D eigenvalue weighted by molar-refractivity contribution is 5.94. The van der Waals surface area contributed by atoms with E-state index in [0.717, 1.165) is 16.8 Å². The van der Waals surface area contributed by atoms with Crippen LogP contribution >= 0.6 is 0 Å². The van der Waals surface area contributed by atoms with E-state index < -0.39 is 0 Å². The second kappa shape index (κ2) is 7.14. The van der Waals surface area contributed by atoms with Crippen LogP contribution in [0.25, 0.3) is 0 Å². The molecule has 0 saturated carbocycles. The van der Waals surface area contributed by atoms with Crippen molar-refractivity contribution in [3.8, 4) is 11.5 Å². The highest BCUT2D eigenvalue weighted by Gasteiger charge is 2.29. The summed E-state index contributed by atoms with van der Waals surface area (Å²) in [6, 6.07) is 5.51. The monoisotopic (exact) mass is 345 g/mol. The van der Waals surface area contributed by atoms with Crippen molar-refractivity contribution in [2.75, 3.05) is 14.2 Å². The molecule has 134 valence electrons. The van der Waals surface area contributed by atoms with Crippen LogP contribution in [0.4, 0.5) is 0 Å². The van der Waals surface area contributed by atoms with Crippen molar-refractivity contribution in [2.24, 2.45) is 0 Å². The molecule has 0 aliphatic carbocycles. The van der Waals surface area contributed by atoms with Gasteiger partial charge in [-0.15, -0.1) is 0 Å². The number of carbonyl (C=O) groups excluding carboxylic acids is 1. The molecule has 7 nitrogen and oxygen atoms in total. The number of ether oxygens (including phenoxy) is 3. The van der Waals surface area contributed by atoms with Crippen LogP contribution in [0.5, 0.6) is 11.5 Å². The van der Waals surface area contributed by atoms with Gasteiger partial charge in [-0.2, -0.15) is 5.10 Å². The van der Waals surface area contributed by atoms with Gasteiger partial charge in [-0.3, -0.25) is 9.89 Å². The number of nitrogens with one attached hydrogen (secondary N) is 2. The summed E-state index contributed by atoms with van der Waals surface area (Å²) in [4.78, 5) is 12.6. The van der Waals surface area contributed by atoms with Gasteiger partial charge in [0, 0.05) is 12.0 Å². The number of hydrogen-bond acceptors (Lipinski definition) is 5. The molecule has 2 N–H and O–H groups in total. The van der Waals surface area contributed by atoms with E-state index in [1.54, 1.807) is 14.2 Å². The fraction of sp³-hybridized carbons (Fsp3) is 0.444. The van der Waals surface area contributed by atoms with Gasteiger partial charge in [0.25, 0.3) is 5.91 Å². The number of rotatable bonds is 5. The molecule has 1 aromatic heterocycles. The van der Waals surface area contributed by atoms with Gasteiger partial charge in [-0.05, 0) is 26.0 Å². The van der Waals surface area contributed by atoms with E-state index >= 15 is 0 Å². The summed E-state index contributed by atoms with van der Waals surface area (Å²) in [5.41, 5.74) is 3.01. The molecule has 0 saturated heterocycles. The lowest BCUT2D eigenvalue weighted by atomic mass is 9.99. The molecular formula is C18H23N3O4. The van der Waals surface area contributed by atoms with E-state index in [0.29, 0.717) is 23.6 Å². The highest BCUT2D eigenvalue weighted by Crippen LogP contribution is 2.31. The number of amides is 1. The summed E-state index contributed by atoms with van der Waals surface area (Å²) in [7, 11) is 3.18. The van der Waals surface area contributed by atoms with Gasteiger partial charge in [0.15, 0.2) is 5.69 Å². The van der Waals surface area contributed by atoms with E-state index in [1.807, 2.05) is 32.0 Å². The molecule has 25 heavy (non-hydrogen) atoms. The van der Waals surface area contributed by atoms with Crippen LogP contribution in [0.3, 0.4) is 0 Å². The molecule has 1 aliphatic heterocycles. The molecule has 0 radical (unpaired) electrons. The lowest BCUT2D eigenvalue weighted by Gasteiger charge is -2.25. The Morgan fingerprint density at radius 3 is 2.64 bits per heavy atom. The molecule has 0 unspecified atom stereocenters. The second-order valence-corrected chi connectivity index (χ2v) is 6.08. The number of carbonyl (C=O) groups is 1. The maximum absolute atomic E-state index is 12.6. The molecule has 3 rings (SSSR count). The maximum Gasteiger partial charge on any atom is 0.272 e. The first-order valence-electron chi connectivity index (χ1n) is 8.25. The van der Waals surface area contributed by atoms with Crippen LogP contribution in [-0.2, 0) is 17.7 Å². The Kier molecular flexibility index (Phi) is 4.94. The average Bonchev–Trinajstić information content (AvgIpc) is 3.03. The Balaban J connectivity index is 1.79. The van der Waals surface area contributed by atoms with Crippen molar-refractivity contribution >= 4 is 5.91 Å². The van der Waals surface area contributed by atoms with Gasteiger partial charge in [0.1, 0.15) is 11.5 Å². The van der Waals surface area contributed by atoms with Crippen molar-refractivity contribution in [1.29, 1.82) is 0 Å². The van der Waals surface area contributed by atoms with Gasteiger partial charge in [0.2, 0.25) is 0 Å². The van der Waals surface area contributed by atoms with E-state index in [2.05, 4.69) is 15.5 Å². The molecule has 0 spiro atoms. The third kappa shape index (κ3) is 3.32. The average molecular weight is 345 g/mol. The number of benzene rings is 1. The number of aromatic nitrogens is 2. The van der Waals surface area contributed by atoms with E-state index in [1.165, 1.54) is 0 Å². The first kappa shape index (κ1) is 17.3. The van der Waals surface area contributed by atoms with Gasteiger partial charge < -0.3 is 19.5 Å². The van der Waals surface area contributed by atoms with Crippen molar-refractivity contribution < 1.29 is 19.0 Å². The zero-order valence-corrected chi connectivity index (χ0v) is 14.9. The summed E-state index contributed by atoms with van der Waals surface area (Å²) in [5, 5.41) is 10.0. The molecule has 1 amide bonds. The lowest BCUT2D eigenvalue weighted by Crippen LogP contribution is -2.27. The zero-order valence-electron chi connectivity index (χ0n) is 14.9. The summed E-state index contributed by atoms with van der Waals surface area (Å²) < 4.78 is 16.5. The summed E-state index contributed by atoms with van der Waals surface area (Å²) in [6.45, 7) is 4.23. The standard InChI is InChI=1S/C18H23N3O4/c1-10-8-12-16(11(2)25-10)20-21-17(12)18(22)19-9-13-14(23-3)6-5-7-15(13)24-4/h5-7,10-11H,8-9H2,1-4H3,(H,19,22)(H,20,21)/t10-,11+/m0/s1. The Bertz CT molecular complexity index is 749. The van der Waals surface area contributed by atoms with Crippen molar-refractivity contribution in [1.82, 2.24) is 15.5 Å². The van der Waals surface area contributed by atoms with E-state index in [9.17, 15) is 4.79 Å². The SMILES string of the molecule is COc1cccc(OC)c1CNC(=O)c1n[nH]c2c1C[C@H](C)O[C@@H]2C. The number of H-pyrrole nitrogens is 1. The normalized spacial score (nSPS) is 19.2. The summed E-state index contributed by atoms with van der Waals surface area (Å²) in [5.74, 6) is 1.10. The Morgan fingerprint density at radius 2 is 2.00 bits per heavy atom. The Hall–Kier alpha value is -2.54. The number of aromatic amines is 1. The number of methoxy groups -OCH3 is 2. The van der Waals surface area contributed by atoms with Crippen LogP contribution < -0.4 is 14.8 Å². The summed E-state index contributed by atoms with van der Waals surface area (Å²) >= 11 is 0. The largest absolute Gasteiger partial charge is 0.496 e. The number of fused-ring (bicyclic) bond motifs is 1. The molecule has 2 heterocycles. The Morgan fingerprint density at radius 1 is 1.32 bits per heavy atom. The minimum atomic E-state index is -0.230. The quantitative estimate of drug-likeness (QED) is 0.869. The van der Waals surface area contributed by atoms with Gasteiger partial charge >= 0.3 is 0 Å². The zero-order chi connectivity index (χ0) is 18.0. The highest BCUT2D eigenvalue weighted by atomic mass is 16.5. The molecule has 1 aliphatic rings. The predicted molar refractivity (Wildman–Crippen MR) is 92.0 cm³/mol. The van der Waals surface area contributed by atoms with Gasteiger partial charge in [-0.25, -0.2) is 0 Å². The van der Waals surface area contributed by atoms with Gasteiger partial charge in [0.05, 0.1) is 44.2 Å². The predicted octanol–water partition coefficient (Wildman–Crippen LogP) is 2.38. The number of hydrogen-bond donors (Lipinski definition) is 2. The Labute approximate surface area is 146 Å². The van der Waals surface area contributed by atoms with Crippen molar-refractivity contribution in [2.45, 2.75) is 39.0 Å². The van der Waals surface area contributed by atoms with Gasteiger partial charge in [-0.1, -0.05) is 6.07 Å². The van der Waals surface area contributed by atoms with Crippen LogP contribution in [0.15, 0.2) is 18.2 Å². The summed E-state index contributed by atoms with van der Waals surface area (Å²) in [6.07, 6.45) is 0.625.